The van der Waals surface area contributed by atoms with Gasteiger partial charge >= 0.3 is 0 Å². The lowest BCUT2D eigenvalue weighted by atomic mass is 10.1. The normalized spacial score (nSPS) is 13.2. The predicted molar refractivity (Wildman–Crippen MR) is 123 cm³/mol. The second kappa shape index (κ2) is 8.83. The van der Waals surface area contributed by atoms with Gasteiger partial charge in [0.25, 0.3) is 5.88 Å². The Bertz CT molecular complexity index is 1210. The number of rotatable bonds is 8. The van der Waals surface area contributed by atoms with Crippen molar-refractivity contribution < 1.29 is 9.47 Å². The SMILES string of the molecule is COc1cc(Cc2ccnc(-c3cnn(C)c3)c2)cnc1OCc1ccc(C2CC2)cc1. The molecule has 3 heterocycles. The highest BCUT2D eigenvalue weighted by atomic mass is 16.5. The number of hydrogen-bond acceptors (Lipinski definition) is 5. The number of aryl methyl sites for hydroxylation is 1. The standard InChI is InChI=1S/C26H26N4O2/c1-30-16-23(15-29-30)24-12-19(9-10-27-24)11-20-13-25(31-2)26(28-14-20)32-17-18-3-5-21(6-4-18)22-7-8-22/h3-6,9-10,12-16,22H,7-8,11,17H2,1-2H3. The maximum absolute atomic E-state index is 5.96. The molecule has 32 heavy (non-hydrogen) atoms. The number of benzene rings is 1. The molecular weight excluding hydrogens is 400 g/mol. The summed E-state index contributed by atoms with van der Waals surface area (Å²) in [6.07, 6.45) is 10.8. The fraction of sp³-hybridized carbons (Fsp3) is 0.269. The summed E-state index contributed by atoms with van der Waals surface area (Å²) in [5.41, 5.74) is 6.65. The van der Waals surface area contributed by atoms with Crippen molar-refractivity contribution in [2.24, 2.45) is 7.05 Å². The molecule has 0 spiro atoms. The van der Waals surface area contributed by atoms with Crippen molar-refractivity contribution in [3.05, 3.63) is 89.5 Å². The van der Waals surface area contributed by atoms with Crippen LogP contribution in [0, 0.1) is 0 Å². The van der Waals surface area contributed by atoms with E-state index in [0.717, 1.165) is 40.3 Å². The molecule has 0 unspecified atom stereocenters. The molecule has 4 aromatic rings. The molecule has 0 atom stereocenters. The second-order valence-corrected chi connectivity index (χ2v) is 8.28. The predicted octanol–water partition coefficient (Wildman–Crippen LogP) is 4.93. The molecule has 1 fully saturated rings. The van der Waals surface area contributed by atoms with E-state index in [1.165, 1.54) is 18.4 Å². The maximum atomic E-state index is 5.96. The summed E-state index contributed by atoms with van der Waals surface area (Å²) in [7, 11) is 3.54. The van der Waals surface area contributed by atoms with Crippen molar-refractivity contribution in [2.75, 3.05) is 7.11 Å². The van der Waals surface area contributed by atoms with Crippen molar-refractivity contribution in [1.82, 2.24) is 19.7 Å². The Morgan fingerprint density at radius 3 is 2.53 bits per heavy atom. The van der Waals surface area contributed by atoms with Crippen LogP contribution in [0.4, 0.5) is 0 Å². The van der Waals surface area contributed by atoms with E-state index < -0.39 is 0 Å². The molecular formula is C26H26N4O2. The summed E-state index contributed by atoms with van der Waals surface area (Å²) in [5, 5.41) is 4.23. The van der Waals surface area contributed by atoms with E-state index in [1.54, 1.807) is 11.8 Å². The highest BCUT2D eigenvalue weighted by Gasteiger charge is 2.22. The van der Waals surface area contributed by atoms with E-state index in [0.29, 0.717) is 18.2 Å². The van der Waals surface area contributed by atoms with Crippen LogP contribution in [0.15, 0.2) is 67.3 Å². The maximum Gasteiger partial charge on any atom is 0.257 e. The van der Waals surface area contributed by atoms with E-state index >= 15 is 0 Å². The fourth-order valence-corrected chi connectivity index (χ4v) is 3.81. The molecule has 6 heteroatoms. The highest BCUT2D eigenvalue weighted by molar-refractivity contribution is 5.57. The molecule has 0 radical (unpaired) electrons. The summed E-state index contributed by atoms with van der Waals surface area (Å²) >= 11 is 0. The summed E-state index contributed by atoms with van der Waals surface area (Å²) in [4.78, 5) is 8.99. The minimum absolute atomic E-state index is 0.465. The van der Waals surface area contributed by atoms with Crippen molar-refractivity contribution >= 4 is 0 Å². The molecule has 162 valence electrons. The smallest absolute Gasteiger partial charge is 0.257 e. The lowest BCUT2D eigenvalue weighted by molar-refractivity contribution is 0.272. The zero-order chi connectivity index (χ0) is 21.9. The first-order chi connectivity index (χ1) is 15.7. The van der Waals surface area contributed by atoms with Crippen LogP contribution in [0.1, 0.15) is 41.0 Å². The molecule has 0 saturated heterocycles. The van der Waals surface area contributed by atoms with Gasteiger partial charge in [-0.15, -0.1) is 0 Å². The fourth-order valence-electron chi connectivity index (χ4n) is 3.81. The van der Waals surface area contributed by atoms with Gasteiger partial charge in [-0.1, -0.05) is 24.3 Å². The zero-order valence-corrected chi connectivity index (χ0v) is 18.4. The Kier molecular flexibility index (Phi) is 5.58. The Labute approximate surface area is 187 Å². The number of pyridine rings is 2. The molecule has 1 aliphatic rings. The monoisotopic (exact) mass is 426 g/mol. The van der Waals surface area contributed by atoms with Crippen molar-refractivity contribution in [1.29, 1.82) is 0 Å². The first-order valence-corrected chi connectivity index (χ1v) is 10.9. The van der Waals surface area contributed by atoms with Gasteiger partial charge in [0.1, 0.15) is 6.61 Å². The lowest BCUT2D eigenvalue weighted by Gasteiger charge is -2.12. The zero-order valence-electron chi connectivity index (χ0n) is 18.4. The third kappa shape index (κ3) is 4.64. The van der Waals surface area contributed by atoms with Crippen LogP contribution in [-0.2, 0) is 20.1 Å². The van der Waals surface area contributed by atoms with Gasteiger partial charge in [0.05, 0.1) is 19.0 Å². The Balaban J connectivity index is 1.27. The quantitative estimate of drug-likeness (QED) is 0.400. The van der Waals surface area contributed by atoms with Crippen LogP contribution in [-0.4, -0.2) is 26.9 Å². The van der Waals surface area contributed by atoms with Crippen LogP contribution >= 0.6 is 0 Å². The number of hydrogen-bond donors (Lipinski definition) is 0. The van der Waals surface area contributed by atoms with Crippen molar-refractivity contribution in [3.8, 4) is 22.9 Å². The molecule has 1 aromatic carbocycles. The van der Waals surface area contributed by atoms with Crippen molar-refractivity contribution in [3.63, 3.8) is 0 Å². The largest absolute Gasteiger partial charge is 0.491 e. The molecule has 0 bridgehead atoms. The van der Waals surface area contributed by atoms with Crippen molar-refractivity contribution in [2.45, 2.75) is 31.8 Å². The number of ether oxygens (including phenoxy) is 2. The minimum atomic E-state index is 0.465. The minimum Gasteiger partial charge on any atom is -0.491 e. The molecule has 5 rings (SSSR count). The van der Waals surface area contributed by atoms with Crippen LogP contribution in [0.5, 0.6) is 11.6 Å². The van der Waals surface area contributed by atoms with Gasteiger partial charge in [-0.25, -0.2) is 4.98 Å². The van der Waals surface area contributed by atoms with Gasteiger partial charge in [-0.05, 0) is 65.6 Å². The molecule has 0 N–H and O–H groups in total. The van der Waals surface area contributed by atoms with E-state index in [9.17, 15) is 0 Å². The Hall–Kier alpha value is -3.67. The van der Waals surface area contributed by atoms with Gasteiger partial charge in [0, 0.05) is 31.2 Å². The summed E-state index contributed by atoms with van der Waals surface area (Å²) in [6, 6.07) is 14.8. The number of methoxy groups -OCH3 is 1. The summed E-state index contributed by atoms with van der Waals surface area (Å²) in [5.74, 6) is 1.91. The number of nitrogens with zero attached hydrogens (tertiary/aromatic N) is 4. The van der Waals surface area contributed by atoms with Crippen LogP contribution < -0.4 is 9.47 Å². The lowest BCUT2D eigenvalue weighted by Crippen LogP contribution is -2.01. The van der Waals surface area contributed by atoms with E-state index in [4.69, 9.17) is 9.47 Å². The van der Waals surface area contributed by atoms with E-state index in [-0.39, 0.29) is 0 Å². The van der Waals surface area contributed by atoms with Crippen LogP contribution in [0.2, 0.25) is 0 Å². The number of aromatic nitrogens is 4. The average Bonchev–Trinajstić information content (AvgIpc) is 3.58. The van der Waals surface area contributed by atoms with Gasteiger partial charge in [0.15, 0.2) is 5.75 Å². The van der Waals surface area contributed by atoms with Gasteiger partial charge in [-0.3, -0.25) is 9.67 Å². The van der Waals surface area contributed by atoms with E-state index in [2.05, 4.69) is 45.4 Å². The molecule has 0 amide bonds. The highest BCUT2D eigenvalue weighted by Crippen LogP contribution is 2.40. The third-order valence-corrected chi connectivity index (χ3v) is 5.73. The summed E-state index contributed by atoms with van der Waals surface area (Å²) in [6.45, 7) is 0.465. The molecule has 1 aliphatic carbocycles. The molecule has 1 saturated carbocycles. The molecule has 3 aromatic heterocycles. The average molecular weight is 427 g/mol. The summed E-state index contributed by atoms with van der Waals surface area (Å²) < 4.78 is 13.3. The molecule has 6 nitrogen and oxygen atoms in total. The Morgan fingerprint density at radius 1 is 0.969 bits per heavy atom. The van der Waals surface area contributed by atoms with Crippen LogP contribution in [0.25, 0.3) is 11.3 Å². The van der Waals surface area contributed by atoms with Gasteiger partial charge in [-0.2, -0.15) is 5.10 Å². The molecule has 0 aliphatic heterocycles. The van der Waals surface area contributed by atoms with E-state index in [1.807, 2.05) is 44.0 Å². The first-order valence-electron chi connectivity index (χ1n) is 10.9. The third-order valence-electron chi connectivity index (χ3n) is 5.73. The van der Waals surface area contributed by atoms with Crippen LogP contribution in [0.3, 0.4) is 0 Å². The second-order valence-electron chi connectivity index (χ2n) is 8.28. The Morgan fingerprint density at radius 2 is 1.81 bits per heavy atom. The first kappa shape index (κ1) is 20.2. The van der Waals surface area contributed by atoms with Gasteiger partial charge in [0.2, 0.25) is 0 Å². The topological polar surface area (TPSA) is 62.1 Å². The van der Waals surface area contributed by atoms with Gasteiger partial charge < -0.3 is 9.47 Å².